The van der Waals surface area contributed by atoms with Crippen LogP contribution in [0.4, 0.5) is 0 Å². The van der Waals surface area contributed by atoms with Crippen molar-refractivity contribution in [2.45, 2.75) is 57.5 Å². The molecule has 1 heterocycles. The van der Waals surface area contributed by atoms with Gasteiger partial charge in [-0.3, -0.25) is 4.79 Å². The molecule has 1 atom stereocenters. The highest BCUT2D eigenvalue weighted by Crippen LogP contribution is 2.16. The molecule has 0 aromatic carbocycles. The standard InChI is InChI=1S/C13H24ClNO2/c14-9-3-1-4-10-15-13(16)8-7-12-6-2-5-11-17-12/h12H,1-11H2,(H,15,16). The summed E-state index contributed by atoms with van der Waals surface area (Å²) in [4.78, 5) is 11.5. The molecule has 4 heteroatoms. The number of carbonyl (C=O) groups is 1. The lowest BCUT2D eigenvalue weighted by atomic mass is 10.0. The van der Waals surface area contributed by atoms with Crippen LogP contribution < -0.4 is 5.32 Å². The summed E-state index contributed by atoms with van der Waals surface area (Å²) >= 11 is 5.58. The number of carbonyl (C=O) groups excluding carboxylic acids is 1. The maximum Gasteiger partial charge on any atom is 0.220 e. The van der Waals surface area contributed by atoms with E-state index >= 15 is 0 Å². The smallest absolute Gasteiger partial charge is 0.220 e. The van der Waals surface area contributed by atoms with Crippen molar-refractivity contribution in [3.63, 3.8) is 0 Å². The normalized spacial score (nSPS) is 20.2. The van der Waals surface area contributed by atoms with E-state index in [4.69, 9.17) is 16.3 Å². The van der Waals surface area contributed by atoms with Gasteiger partial charge in [0.1, 0.15) is 0 Å². The van der Waals surface area contributed by atoms with Crippen LogP contribution in [0.5, 0.6) is 0 Å². The zero-order valence-corrected chi connectivity index (χ0v) is 11.3. The first-order valence-corrected chi connectivity index (χ1v) is 7.30. The SMILES string of the molecule is O=C(CCC1CCCCO1)NCCCCCCl. The number of unbranched alkanes of at least 4 members (excludes halogenated alkanes) is 2. The van der Waals surface area contributed by atoms with Crippen molar-refractivity contribution in [3.8, 4) is 0 Å². The Morgan fingerprint density at radius 2 is 2.18 bits per heavy atom. The average Bonchev–Trinajstić information content (AvgIpc) is 2.37. The van der Waals surface area contributed by atoms with Crippen LogP contribution >= 0.6 is 11.6 Å². The van der Waals surface area contributed by atoms with Crippen LogP contribution in [0.3, 0.4) is 0 Å². The summed E-state index contributed by atoms with van der Waals surface area (Å²) in [6.45, 7) is 1.64. The van der Waals surface area contributed by atoms with Gasteiger partial charge in [0.25, 0.3) is 0 Å². The van der Waals surface area contributed by atoms with Crippen LogP contribution in [0, 0.1) is 0 Å². The zero-order valence-electron chi connectivity index (χ0n) is 10.5. The van der Waals surface area contributed by atoms with E-state index in [-0.39, 0.29) is 5.91 Å². The molecule has 1 aliphatic rings. The summed E-state index contributed by atoms with van der Waals surface area (Å²) in [6, 6.07) is 0. The van der Waals surface area contributed by atoms with Crippen LogP contribution in [0.15, 0.2) is 0 Å². The summed E-state index contributed by atoms with van der Waals surface area (Å²) in [7, 11) is 0. The molecular formula is C13H24ClNO2. The number of hydrogen-bond donors (Lipinski definition) is 1. The van der Waals surface area contributed by atoms with E-state index in [0.29, 0.717) is 18.4 Å². The molecule has 1 unspecified atom stereocenters. The molecule has 1 fully saturated rings. The summed E-state index contributed by atoms with van der Waals surface area (Å²) in [5.41, 5.74) is 0. The van der Waals surface area contributed by atoms with Gasteiger partial charge in [0.2, 0.25) is 5.91 Å². The van der Waals surface area contributed by atoms with Crippen LogP contribution in [0.25, 0.3) is 0 Å². The number of nitrogens with one attached hydrogen (secondary N) is 1. The fourth-order valence-electron chi connectivity index (χ4n) is 2.04. The Kier molecular flexibility index (Phi) is 8.45. The van der Waals surface area contributed by atoms with Gasteiger partial charge < -0.3 is 10.1 Å². The quantitative estimate of drug-likeness (QED) is 0.539. The fourth-order valence-corrected chi connectivity index (χ4v) is 2.23. The highest BCUT2D eigenvalue weighted by molar-refractivity contribution is 6.17. The number of rotatable bonds is 8. The molecule has 0 aliphatic carbocycles. The fraction of sp³-hybridized carbons (Fsp3) is 0.923. The van der Waals surface area contributed by atoms with E-state index in [1.165, 1.54) is 12.8 Å². The molecule has 0 spiro atoms. The molecule has 1 aliphatic heterocycles. The zero-order chi connectivity index (χ0) is 12.3. The third-order valence-electron chi connectivity index (χ3n) is 3.10. The molecule has 3 nitrogen and oxygen atoms in total. The maximum atomic E-state index is 11.5. The number of ether oxygens (including phenoxy) is 1. The van der Waals surface area contributed by atoms with Crippen molar-refractivity contribution in [2.75, 3.05) is 19.0 Å². The van der Waals surface area contributed by atoms with E-state index in [0.717, 1.165) is 45.3 Å². The third kappa shape index (κ3) is 7.61. The minimum atomic E-state index is 0.157. The Morgan fingerprint density at radius 3 is 2.88 bits per heavy atom. The van der Waals surface area contributed by atoms with Crippen molar-refractivity contribution < 1.29 is 9.53 Å². The minimum absolute atomic E-state index is 0.157. The lowest BCUT2D eigenvalue weighted by molar-refractivity contribution is -0.122. The molecule has 100 valence electrons. The van der Waals surface area contributed by atoms with Crippen molar-refractivity contribution in [1.82, 2.24) is 5.32 Å². The van der Waals surface area contributed by atoms with Gasteiger partial charge in [0.15, 0.2) is 0 Å². The summed E-state index contributed by atoms with van der Waals surface area (Å²) in [6.07, 6.45) is 8.46. The molecule has 1 saturated heterocycles. The summed E-state index contributed by atoms with van der Waals surface area (Å²) in [5.74, 6) is 0.873. The van der Waals surface area contributed by atoms with E-state index < -0.39 is 0 Å². The van der Waals surface area contributed by atoms with E-state index in [1.807, 2.05) is 0 Å². The maximum absolute atomic E-state index is 11.5. The first kappa shape index (κ1) is 14.8. The van der Waals surface area contributed by atoms with Crippen molar-refractivity contribution in [2.24, 2.45) is 0 Å². The second kappa shape index (κ2) is 9.72. The Labute approximate surface area is 109 Å². The van der Waals surface area contributed by atoms with E-state index in [1.54, 1.807) is 0 Å². The predicted molar refractivity (Wildman–Crippen MR) is 70.4 cm³/mol. The monoisotopic (exact) mass is 261 g/mol. The molecule has 1 rings (SSSR count). The van der Waals surface area contributed by atoms with Crippen molar-refractivity contribution >= 4 is 17.5 Å². The van der Waals surface area contributed by atoms with Crippen molar-refractivity contribution in [1.29, 1.82) is 0 Å². The molecule has 1 amide bonds. The Hall–Kier alpha value is -0.280. The highest BCUT2D eigenvalue weighted by atomic mass is 35.5. The third-order valence-corrected chi connectivity index (χ3v) is 3.37. The summed E-state index contributed by atoms with van der Waals surface area (Å²) in [5, 5.41) is 2.94. The van der Waals surface area contributed by atoms with E-state index in [9.17, 15) is 4.79 Å². The first-order chi connectivity index (χ1) is 8.33. The van der Waals surface area contributed by atoms with Gasteiger partial charge in [-0.1, -0.05) is 6.42 Å². The molecule has 17 heavy (non-hydrogen) atoms. The number of hydrogen-bond acceptors (Lipinski definition) is 2. The largest absolute Gasteiger partial charge is 0.378 e. The van der Waals surface area contributed by atoms with Gasteiger partial charge in [-0.2, -0.15) is 0 Å². The second-order valence-electron chi connectivity index (χ2n) is 4.63. The van der Waals surface area contributed by atoms with Crippen molar-refractivity contribution in [3.05, 3.63) is 0 Å². The Bertz CT molecular complexity index is 206. The number of amides is 1. The lowest BCUT2D eigenvalue weighted by Crippen LogP contribution is -2.27. The topological polar surface area (TPSA) is 38.3 Å². The predicted octanol–water partition coefficient (Wildman–Crippen LogP) is 2.86. The van der Waals surface area contributed by atoms with Crippen LogP contribution in [-0.2, 0) is 9.53 Å². The molecule has 0 bridgehead atoms. The first-order valence-electron chi connectivity index (χ1n) is 6.77. The lowest BCUT2D eigenvalue weighted by Gasteiger charge is -2.22. The van der Waals surface area contributed by atoms with E-state index in [2.05, 4.69) is 5.32 Å². The minimum Gasteiger partial charge on any atom is -0.378 e. The van der Waals surface area contributed by atoms with Gasteiger partial charge >= 0.3 is 0 Å². The summed E-state index contributed by atoms with van der Waals surface area (Å²) < 4.78 is 5.59. The number of halogens is 1. The van der Waals surface area contributed by atoms with Crippen LogP contribution in [-0.4, -0.2) is 31.0 Å². The molecule has 0 saturated carbocycles. The molecule has 1 N–H and O–H groups in total. The van der Waals surface area contributed by atoms with Gasteiger partial charge in [-0.25, -0.2) is 0 Å². The van der Waals surface area contributed by atoms with Gasteiger partial charge in [-0.15, -0.1) is 11.6 Å². The van der Waals surface area contributed by atoms with Gasteiger partial charge in [0, 0.05) is 25.5 Å². The number of alkyl halides is 1. The highest BCUT2D eigenvalue weighted by Gasteiger charge is 2.14. The molecular weight excluding hydrogens is 238 g/mol. The Morgan fingerprint density at radius 1 is 1.29 bits per heavy atom. The van der Waals surface area contributed by atoms with Crippen LogP contribution in [0.1, 0.15) is 51.4 Å². The molecule has 0 aromatic rings. The molecule has 0 radical (unpaired) electrons. The average molecular weight is 262 g/mol. The van der Waals surface area contributed by atoms with Gasteiger partial charge in [-0.05, 0) is 38.5 Å². The second-order valence-corrected chi connectivity index (χ2v) is 5.00. The Balaban J connectivity index is 1.93. The molecule has 0 aromatic heterocycles. The van der Waals surface area contributed by atoms with Gasteiger partial charge in [0.05, 0.1) is 6.10 Å². The van der Waals surface area contributed by atoms with Crippen LogP contribution in [0.2, 0.25) is 0 Å².